The van der Waals surface area contributed by atoms with Gasteiger partial charge in [0.25, 0.3) is 0 Å². The topological polar surface area (TPSA) is 55.1 Å². The predicted molar refractivity (Wildman–Crippen MR) is 62.1 cm³/mol. The Kier molecular flexibility index (Phi) is 9.93. The number of thioether (sulfide) groups is 1. The molecule has 14 heavy (non-hydrogen) atoms. The number of hydrogen-bond acceptors (Lipinski definition) is 3. The molecule has 1 amide bonds. The minimum atomic E-state index is 0.111. The fourth-order valence-electron chi connectivity index (χ4n) is 0.912. The van der Waals surface area contributed by atoms with Crippen LogP contribution in [0.1, 0.15) is 19.3 Å². The van der Waals surface area contributed by atoms with E-state index in [4.69, 9.17) is 12.2 Å². The molecule has 0 aliphatic rings. The van der Waals surface area contributed by atoms with Crippen LogP contribution in [0.2, 0.25) is 0 Å². The van der Waals surface area contributed by atoms with E-state index < -0.39 is 0 Å². The zero-order valence-electron chi connectivity index (χ0n) is 8.42. The molecule has 0 saturated carbocycles. The van der Waals surface area contributed by atoms with Crippen LogP contribution in [0.3, 0.4) is 0 Å². The number of carbonyl (C=O) groups is 1. The van der Waals surface area contributed by atoms with Gasteiger partial charge in [0.05, 0.1) is 5.75 Å². The number of nitrogens with one attached hydrogen (secondary N) is 1. The molecule has 3 nitrogen and oxygen atoms in total. The largest absolute Gasteiger partial charge is 0.355 e. The highest BCUT2D eigenvalue weighted by Gasteiger charge is 1.98. The molecule has 0 spiro atoms. The number of rotatable bonds is 8. The third-order valence-electron chi connectivity index (χ3n) is 1.61. The Balaban J connectivity index is 3.15. The van der Waals surface area contributed by atoms with Crippen LogP contribution in [-0.4, -0.2) is 30.5 Å². The first-order valence-corrected chi connectivity index (χ1v) is 5.94. The molecule has 4 heteroatoms. The number of carbonyl (C=O) groups excluding carboxylic acids is 1. The molecule has 0 aliphatic carbocycles. The second-order valence-electron chi connectivity index (χ2n) is 2.85. The van der Waals surface area contributed by atoms with Crippen molar-refractivity contribution in [2.24, 2.45) is 5.73 Å². The van der Waals surface area contributed by atoms with Crippen LogP contribution in [0.5, 0.6) is 0 Å². The summed E-state index contributed by atoms with van der Waals surface area (Å²) in [7, 11) is 0. The van der Waals surface area contributed by atoms with Crippen molar-refractivity contribution in [3.05, 3.63) is 0 Å². The summed E-state index contributed by atoms with van der Waals surface area (Å²) in [5, 5.41) is 2.83. The summed E-state index contributed by atoms with van der Waals surface area (Å²) in [5.74, 6) is 4.24. The molecule has 80 valence electrons. The van der Waals surface area contributed by atoms with E-state index in [1.807, 2.05) is 0 Å². The number of nitrogens with two attached hydrogens (primary N) is 1. The quantitative estimate of drug-likeness (QED) is 0.459. The van der Waals surface area contributed by atoms with Gasteiger partial charge in [-0.1, -0.05) is 5.92 Å². The molecule has 0 radical (unpaired) electrons. The Morgan fingerprint density at radius 2 is 2.29 bits per heavy atom. The fraction of sp³-hybridized carbons (Fsp3) is 0.700. The van der Waals surface area contributed by atoms with Crippen molar-refractivity contribution in [2.75, 3.05) is 24.6 Å². The molecule has 0 unspecified atom stereocenters. The first-order chi connectivity index (χ1) is 6.81. The third kappa shape index (κ3) is 9.43. The lowest BCUT2D eigenvalue weighted by atomic mass is 10.2. The SMILES string of the molecule is C#CCSCCNC(=O)CCCCN. The maximum absolute atomic E-state index is 11.1. The van der Waals surface area contributed by atoms with Crippen molar-refractivity contribution in [3.63, 3.8) is 0 Å². The first kappa shape index (κ1) is 13.3. The van der Waals surface area contributed by atoms with Crippen LogP contribution in [0, 0.1) is 12.3 Å². The van der Waals surface area contributed by atoms with Gasteiger partial charge in [-0.2, -0.15) is 0 Å². The van der Waals surface area contributed by atoms with E-state index in [9.17, 15) is 4.79 Å². The number of amides is 1. The van der Waals surface area contributed by atoms with Gasteiger partial charge in [0.15, 0.2) is 0 Å². The van der Waals surface area contributed by atoms with Crippen LogP contribution in [-0.2, 0) is 4.79 Å². The fourth-order valence-corrected chi connectivity index (χ4v) is 1.42. The van der Waals surface area contributed by atoms with Crippen LogP contribution < -0.4 is 11.1 Å². The molecule has 0 heterocycles. The van der Waals surface area contributed by atoms with Gasteiger partial charge < -0.3 is 11.1 Å². The Morgan fingerprint density at radius 3 is 2.93 bits per heavy atom. The molecule has 0 bridgehead atoms. The lowest BCUT2D eigenvalue weighted by molar-refractivity contribution is -0.121. The summed E-state index contributed by atoms with van der Waals surface area (Å²) in [6.45, 7) is 1.36. The monoisotopic (exact) mass is 214 g/mol. The highest BCUT2D eigenvalue weighted by molar-refractivity contribution is 7.99. The summed E-state index contributed by atoms with van der Waals surface area (Å²) in [6.07, 6.45) is 7.45. The molecule has 0 rings (SSSR count). The molecule has 3 N–H and O–H groups in total. The maximum Gasteiger partial charge on any atom is 0.220 e. The smallest absolute Gasteiger partial charge is 0.220 e. The standard InChI is InChI=1S/C10H18N2OS/c1-2-8-14-9-7-12-10(13)5-3-4-6-11/h1H,3-9,11H2,(H,12,13). The molecule has 0 fully saturated rings. The molecule has 0 aromatic heterocycles. The van der Waals surface area contributed by atoms with Crippen molar-refractivity contribution in [1.82, 2.24) is 5.32 Å². The Bertz CT molecular complexity index is 189. The summed E-state index contributed by atoms with van der Waals surface area (Å²) < 4.78 is 0. The normalized spacial score (nSPS) is 9.43. The van der Waals surface area contributed by atoms with Gasteiger partial charge in [-0.05, 0) is 19.4 Å². The summed E-state index contributed by atoms with van der Waals surface area (Å²) in [5.41, 5.74) is 5.32. The molecule has 0 aromatic carbocycles. The minimum absolute atomic E-state index is 0.111. The molecule has 0 saturated heterocycles. The van der Waals surface area contributed by atoms with E-state index in [2.05, 4.69) is 11.2 Å². The highest BCUT2D eigenvalue weighted by atomic mass is 32.2. The summed E-state index contributed by atoms with van der Waals surface area (Å²) in [4.78, 5) is 11.1. The van der Waals surface area contributed by atoms with Crippen molar-refractivity contribution in [2.45, 2.75) is 19.3 Å². The van der Waals surface area contributed by atoms with E-state index >= 15 is 0 Å². The van der Waals surface area contributed by atoms with Crippen molar-refractivity contribution >= 4 is 17.7 Å². The second kappa shape index (κ2) is 10.4. The maximum atomic E-state index is 11.1. The summed E-state index contributed by atoms with van der Waals surface area (Å²) >= 11 is 1.65. The van der Waals surface area contributed by atoms with Crippen LogP contribution in [0.15, 0.2) is 0 Å². The second-order valence-corrected chi connectivity index (χ2v) is 3.96. The van der Waals surface area contributed by atoms with E-state index in [0.29, 0.717) is 25.3 Å². The molecule has 0 aromatic rings. The van der Waals surface area contributed by atoms with E-state index in [-0.39, 0.29) is 5.91 Å². The van der Waals surface area contributed by atoms with Gasteiger partial charge in [-0.3, -0.25) is 4.79 Å². The molecule has 0 aliphatic heterocycles. The summed E-state index contributed by atoms with van der Waals surface area (Å²) in [6, 6.07) is 0. The number of terminal acetylenes is 1. The number of hydrogen-bond donors (Lipinski definition) is 2. The lowest BCUT2D eigenvalue weighted by Crippen LogP contribution is -2.25. The van der Waals surface area contributed by atoms with Gasteiger partial charge in [0, 0.05) is 18.7 Å². The van der Waals surface area contributed by atoms with Crippen LogP contribution in [0.25, 0.3) is 0 Å². The average Bonchev–Trinajstić information content (AvgIpc) is 2.18. The zero-order valence-corrected chi connectivity index (χ0v) is 9.24. The van der Waals surface area contributed by atoms with Gasteiger partial charge in [-0.15, -0.1) is 18.2 Å². The number of unbranched alkanes of at least 4 members (excludes halogenated alkanes) is 1. The van der Waals surface area contributed by atoms with E-state index in [0.717, 1.165) is 18.6 Å². The van der Waals surface area contributed by atoms with E-state index in [1.54, 1.807) is 11.8 Å². The minimum Gasteiger partial charge on any atom is -0.355 e. The van der Waals surface area contributed by atoms with Gasteiger partial charge in [-0.25, -0.2) is 0 Å². The van der Waals surface area contributed by atoms with Gasteiger partial charge in [0.2, 0.25) is 5.91 Å². The lowest BCUT2D eigenvalue weighted by Gasteiger charge is -2.03. The van der Waals surface area contributed by atoms with E-state index in [1.165, 1.54) is 0 Å². The van der Waals surface area contributed by atoms with Crippen molar-refractivity contribution < 1.29 is 4.79 Å². The van der Waals surface area contributed by atoms with Gasteiger partial charge >= 0.3 is 0 Å². The van der Waals surface area contributed by atoms with Crippen molar-refractivity contribution in [1.29, 1.82) is 0 Å². The van der Waals surface area contributed by atoms with Crippen LogP contribution in [0.4, 0.5) is 0 Å². The molecular formula is C10H18N2OS. The predicted octanol–water partition coefficient (Wildman–Crippen LogP) is 0.598. The van der Waals surface area contributed by atoms with Gasteiger partial charge in [0.1, 0.15) is 0 Å². The zero-order chi connectivity index (χ0) is 10.6. The third-order valence-corrected chi connectivity index (χ3v) is 2.48. The molecular weight excluding hydrogens is 196 g/mol. The Labute approximate surface area is 90.2 Å². The highest BCUT2D eigenvalue weighted by Crippen LogP contribution is 1.96. The average molecular weight is 214 g/mol. The van der Waals surface area contributed by atoms with Crippen molar-refractivity contribution in [3.8, 4) is 12.3 Å². The Hall–Kier alpha value is -0.660. The molecule has 0 atom stereocenters. The first-order valence-electron chi connectivity index (χ1n) is 4.79. The van der Waals surface area contributed by atoms with Crippen LogP contribution >= 0.6 is 11.8 Å². The Morgan fingerprint density at radius 1 is 1.50 bits per heavy atom.